The Hall–Kier alpha value is -1.35. The minimum absolute atomic E-state index is 0.361. The Morgan fingerprint density at radius 1 is 0.955 bits per heavy atom. The number of aliphatic hydroxyl groups excluding tert-OH is 1. The van der Waals surface area contributed by atoms with Crippen molar-refractivity contribution in [2.24, 2.45) is 5.92 Å². The van der Waals surface area contributed by atoms with E-state index in [1.54, 1.807) is 0 Å². The summed E-state index contributed by atoms with van der Waals surface area (Å²) in [5.41, 5.74) is -5.44. The molecule has 0 amide bonds. The lowest BCUT2D eigenvalue weighted by Gasteiger charge is -2.40. The number of benzene rings is 1. The topological polar surface area (TPSA) is 40.5 Å². The summed E-state index contributed by atoms with van der Waals surface area (Å²) in [6, 6.07) is 3.28. The lowest BCUT2D eigenvalue weighted by Crippen LogP contribution is -2.62. The molecule has 9 heteroatoms. The first-order valence-corrected chi connectivity index (χ1v) is 6.15. The van der Waals surface area contributed by atoms with E-state index in [1.165, 1.54) is 0 Å². The molecule has 0 fully saturated rings. The second kappa shape index (κ2) is 6.04. The van der Waals surface area contributed by atoms with Gasteiger partial charge >= 0.3 is 12.4 Å². The van der Waals surface area contributed by atoms with Gasteiger partial charge in [0.2, 0.25) is 0 Å². The highest BCUT2D eigenvalue weighted by Crippen LogP contribution is 2.52. The van der Waals surface area contributed by atoms with Gasteiger partial charge < -0.3 is 10.2 Å². The standard InChI is InChI=1S/C13H13F7O2/c1-2-9(10(21)7-3-5-8(14)6-4-7)11(22,12(15,16)17)13(18,19)20/h3-6,9-10,21-22H,2H2,1H3. The van der Waals surface area contributed by atoms with Gasteiger partial charge in [-0.15, -0.1) is 0 Å². The van der Waals surface area contributed by atoms with Crippen LogP contribution in [0.1, 0.15) is 25.0 Å². The summed E-state index contributed by atoms with van der Waals surface area (Å²) in [5, 5.41) is 19.2. The SMILES string of the molecule is CCC(C(O)c1ccc(F)cc1)C(O)(C(F)(F)F)C(F)(F)F. The summed E-state index contributed by atoms with van der Waals surface area (Å²) in [5.74, 6) is -3.37. The molecule has 0 spiro atoms. The van der Waals surface area contributed by atoms with Crippen LogP contribution in [0.2, 0.25) is 0 Å². The molecule has 0 aliphatic heterocycles. The minimum Gasteiger partial charge on any atom is -0.388 e. The highest BCUT2D eigenvalue weighted by molar-refractivity contribution is 5.21. The van der Waals surface area contributed by atoms with Crippen molar-refractivity contribution in [2.45, 2.75) is 37.4 Å². The summed E-state index contributed by atoms with van der Waals surface area (Å²) in [6.07, 6.45) is -15.2. The summed E-state index contributed by atoms with van der Waals surface area (Å²) in [6.45, 7) is 0.972. The number of aliphatic hydroxyl groups is 2. The van der Waals surface area contributed by atoms with Gasteiger partial charge in [0.1, 0.15) is 5.82 Å². The molecule has 2 atom stereocenters. The summed E-state index contributed by atoms with van der Waals surface area (Å²) >= 11 is 0. The van der Waals surface area contributed by atoms with Crippen molar-refractivity contribution in [2.75, 3.05) is 0 Å². The van der Waals surface area contributed by atoms with Crippen LogP contribution in [0.3, 0.4) is 0 Å². The molecule has 2 unspecified atom stereocenters. The first-order chi connectivity index (χ1) is 9.86. The van der Waals surface area contributed by atoms with E-state index in [4.69, 9.17) is 0 Å². The molecule has 22 heavy (non-hydrogen) atoms. The van der Waals surface area contributed by atoms with Crippen LogP contribution >= 0.6 is 0 Å². The maximum atomic E-state index is 12.8. The second-order valence-electron chi connectivity index (χ2n) is 4.77. The second-order valence-corrected chi connectivity index (χ2v) is 4.77. The first-order valence-electron chi connectivity index (χ1n) is 6.15. The van der Waals surface area contributed by atoms with Crippen LogP contribution in [-0.4, -0.2) is 28.2 Å². The Bertz CT molecular complexity index is 479. The molecular weight excluding hydrogens is 321 g/mol. The smallest absolute Gasteiger partial charge is 0.388 e. The number of halogens is 7. The van der Waals surface area contributed by atoms with Crippen molar-refractivity contribution in [3.05, 3.63) is 35.6 Å². The Morgan fingerprint density at radius 2 is 1.36 bits per heavy atom. The van der Waals surface area contributed by atoms with Crippen LogP contribution in [0.5, 0.6) is 0 Å². The maximum absolute atomic E-state index is 12.8. The van der Waals surface area contributed by atoms with Gasteiger partial charge in [-0.05, 0) is 24.1 Å². The molecule has 0 aliphatic rings. The fourth-order valence-electron chi connectivity index (χ4n) is 2.22. The predicted octanol–water partition coefficient (Wildman–Crippen LogP) is 3.74. The van der Waals surface area contributed by atoms with Crippen molar-refractivity contribution in [1.29, 1.82) is 0 Å². The number of rotatable bonds is 4. The summed E-state index contributed by atoms with van der Waals surface area (Å²) < 4.78 is 89.8. The zero-order chi connectivity index (χ0) is 17.3. The van der Waals surface area contributed by atoms with Crippen LogP contribution in [0, 0.1) is 11.7 Å². The van der Waals surface area contributed by atoms with E-state index in [-0.39, 0.29) is 5.56 Å². The Balaban J connectivity index is 3.34. The Morgan fingerprint density at radius 3 is 1.68 bits per heavy atom. The molecular formula is C13H13F7O2. The van der Waals surface area contributed by atoms with Crippen LogP contribution in [0.15, 0.2) is 24.3 Å². The Labute approximate surface area is 121 Å². The van der Waals surface area contributed by atoms with E-state index in [2.05, 4.69) is 0 Å². The van der Waals surface area contributed by atoms with Crippen molar-refractivity contribution in [3.8, 4) is 0 Å². The number of hydrogen-bond donors (Lipinski definition) is 2. The van der Waals surface area contributed by atoms with Crippen molar-refractivity contribution >= 4 is 0 Å². The van der Waals surface area contributed by atoms with Crippen molar-refractivity contribution < 1.29 is 40.9 Å². The Kier molecular flexibility index (Phi) is 5.13. The minimum atomic E-state index is -6.03. The molecule has 0 bridgehead atoms. The van der Waals surface area contributed by atoms with E-state index in [1.807, 2.05) is 0 Å². The summed E-state index contributed by atoms with van der Waals surface area (Å²) in [7, 11) is 0. The van der Waals surface area contributed by atoms with Crippen LogP contribution in [-0.2, 0) is 0 Å². The van der Waals surface area contributed by atoms with Gasteiger partial charge in [-0.1, -0.05) is 19.1 Å². The predicted molar refractivity (Wildman–Crippen MR) is 62.2 cm³/mol. The zero-order valence-electron chi connectivity index (χ0n) is 11.2. The molecule has 1 aromatic carbocycles. The van der Waals surface area contributed by atoms with E-state index in [9.17, 15) is 40.9 Å². The summed E-state index contributed by atoms with van der Waals surface area (Å²) in [4.78, 5) is 0. The van der Waals surface area contributed by atoms with Crippen LogP contribution in [0.4, 0.5) is 30.7 Å². The lowest BCUT2D eigenvalue weighted by atomic mass is 9.78. The fourth-order valence-corrected chi connectivity index (χ4v) is 2.22. The third-order valence-electron chi connectivity index (χ3n) is 3.43. The largest absolute Gasteiger partial charge is 0.426 e. The van der Waals surface area contributed by atoms with E-state index in [0.29, 0.717) is 0 Å². The molecule has 0 saturated heterocycles. The molecule has 126 valence electrons. The quantitative estimate of drug-likeness (QED) is 0.824. The van der Waals surface area contributed by atoms with Crippen molar-refractivity contribution in [3.63, 3.8) is 0 Å². The molecule has 0 aromatic heterocycles. The first kappa shape index (κ1) is 18.7. The van der Waals surface area contributed by atoms with Gasteiger partial charge in [0.25, 0.3) is 5.60 Å². The monoisotopic (exact) mass is 334 g/mol. The van der Waals surface area contributed by atoms with Gasteiger partial charge in [-0.25, -0.2) is 4.39 Å². The van der Waals surface area contributed by atoms with E-state index in [0.717, 1.165) is 31.2 Å². The highest BCUT2D eigenvalue weighted by atomic mass is 19.4. The molecule has 0 saturated carbocycles. The normalized spacial score (nSPS) is 16.5. The van der Waals surface area contributed by atoms with Gasteiger partial charge in [-0.3, -0.25) is 0 Å². The van der Waals surface area contributed by atoms with Gasteiger partial charge in [0, 0.05) is 5.92 Å². The van der Waals surface area contributed by atoms with E-state index < -0.39 is 42.2 Å². The highest BCUT2D eigenvalue weighted by Gasteiger charge is 2.74. The lowest BCUT2D eigenvalue weighted by molar-refractivity contribution is -0.392. The molecule has 0 aliphatic carbocycles. The van der Waals surface area contributed by atoms with Crippen molar-refractivity contribution in [1.82, 2.24) is 0 Å². The number of alkyl halides is 6. The molecule has 0 heterocycles. The third kappa shape index (κ3) is 3.19. The molecule has 2 N–H and O–H groups in total. The fraction of sp³-hybridized carbons (Fsp3) is 0.538. The third-order valence-corrected chi connectivity index (χ3v) is 3.43. The zero-order valence-corrected chi connectivity index (χ0v) is 11.2. The van der Waals surface area contributed by atoms with E-state index >= 15 is 0 Å². The van der Waals surface area contributed by atoms with Gasteiger partial charge in [-0.2, -0.15) is 26.3 Å². The molecule has 2 nitrogen and oxygen atoms in total. The average Bonchev–Trinajstić information content (AvgIpc) is 2.37. The molecule has 1 aromatic rings. The maximum Gasteiger partial charge on any atom is 0.426 e. The molecule has 1 rings (SSSR count). The average molecular weight is 334 g/mol. The number of hydrogen-bond acceptors (Lipinski definition) is 2. The van der Waals surface area contributed by atoms with Gasteiger partial charge in [0.05, 0.1) is 6.10 Å². The van der Waals surface area contributed by atoms with Crippen LogP contribution in [0.25, 0.3) is 0 Å². The van der Waals surface area contributed by atoms with Gasteiger partial charge in [0.15, 0.2) is 0 Å². The molecule has 0 radical (unpaired) electrons. The van der Waals surface area contributed by atoms with Crippen LogP contribution < -0.4 is 0 Å².